The van der Waals surface area contributed by atoms with Gasteiger partial charge in [-0.3, -0.25) is 4.79 Å². The molecule has 0 saturated carbocycles. The van der Waals surface area contributed by atoms with Crippen LogP contribution in [0.15, 0.2) is 66.7 Å². The van der Waals surface area contributed by atoms with E-state index in [9.17, 15) is 9.18 Å². The smallest absolute Gasteiger partial charge is 0.253 e. The molecule has 0 aliphatic carbocycles. The van der Waals surface area contributed by atoms with Crippen molar-refractivity contribution in [2.75, 3.05) is 19.6 Å². The summed E-state index contributed by atoms with van der Waals surface area (Å²) in [7, 11) is 0. The van der Waals surface area contributed by atoms with Crippen LogP contribution in [0, 0.1) is 18.7 Å². The van der Waals surface area contributed by atoms with Gasteiger partial charge in [-0.2, -0.15) is 0 Å². The summed E-state index contributed by atoms with van der Waals surface area (Å²) in [5.41, 5.74) is 11.7. The van der Waals surface area contributed by atoms with Crippen molar-refractivity contribution in [2.45, 2.75) is 46.6 Å². The number of hydrogen-bond acceptors (Lipinski definition) is 3. The van der Waals surface area contributed by atoms with Gasteiger partial charge in [-0.05, 0) is 79.8 Å². The molecule has 0 aliphatic heterocycles. The normalized spacial score (nSPS) is 12.1. The van der Waals surface area contributed by atoms with Crippen LogP contribution in [0.25, 0.3) is 11.0 Å². The molecule has 4 aromatic rings. The number of imidazole rings is 1. The van der Waals surface area contributed by atoms with Crippen molar-refractivity contribution in [3.05, 3.63) is 101 Å². The summed E-state index contributed by atoms with van der Waals surface area (Å²) in [6.07, 6.45) is 2.39. The van der Waals surface area contributed by atoms with E-state index >= 15 is 0 Å². The zero-order chi connectivity index (χ0) is 26.4. The topological polar surface area (TPSA) is 64.2 Å². The summed E-state index contributed by atoms with van der Waals surface area (Å²) in [6.45, 7) is 8.61. The Hall–Kier alpha value is -3.51. The van der Waals surface area contributed by atoms with Gasteiger partial charge >= 0.3 is 0 Å². The zero-order valence-corrected chi connectivity index (χ0v) is 22.1. The van der Waals surface area contributed by atoms with E-state index < -0.39 is 0 Å². The highest BCUT2D eigenvalue weighted by Gasteiger charge is 2.21. The third kappa shape index (κ3) is 6.63. The van der Waals surface area contributed by atoms with Gasteiger partial charge in [-0.15, -0.1) is 0 Å². The number of amides is 1. The molecule has 0 aliphatic rings. The minimum Gasteiger partial charge on any atom is -0.338 e. The van der Waals surface area contributed by atoms with Gasteiger partial charge in [0.15, 0.2) is 0 Å². The maximum Gasteiger partial charge on any atom is 0.253 e. The van der Waals surface area contributed by atoms with Gasteiger partial charge in [0, 0.05) is 31.6 Å². The summed E-state index contributed by atoms with van der Waals surface area (Å²) in [5.74, 6) is 0.902. The number of aryl methyl sites for hydroxylation is 2. The molecule has 1 unspecified atom stereocenters. The molecule has 0 spiro atoms. The SMILES string of the molecule is CCc1ccc2c(c1)nc(CC(C)CN(CCCN)C(=O)c1ccc(C)cc1)n2Cc1cccc(F)c1. The molecule has 0 bridgehead atoms. The van der Waals surface area contributed by atoms with Crippen molar-refractivity contribution in [3.63, 3.8) is 0 Å². The molecule has 1 amide bonds. The van der Waals surface area contributed by atoms with Crippen molar-refractivity contribution in [1.82, 2.24) is 14.5 Å². The van der Waals surface area contributed by atoms with Gasteiger partial charge in [0.05, 0.1) is 11.0 Å². The van der Waals surface area contributed by atoms with Crippen LogP contribution in [0.1, 0.15) is 53.1 Å². The van der Waals surface area contributed by atoms with Crippen molar-refractivity contribution < 1.29 is 9.18 Å². The fraction of sp³-hybridized carbons (Fsp3) is 0.355. The van der Waals surface area contributed by atoms with E-state index in [1.54, 1.807) is 12.1 Å². The Bertz CT molecular complexity index is 1350. The van der Waals surface area contributed by atoms with E-state index in [1.165, 1.54) is 11.6 Å². The summed E-state index contributed by atoms with van der Waals surface area (Å²) >= 11 is 0. The molecular formula is C31H37FN4O. The van der Waals surface area contributed by atoms with Crippen LogP contribution < -0.4 is 5.73 Å². The molecule has 0 saturated heterocycles. The summed E-state index contributed by atoms with van der Waals surface area (Å²) in [4.78, 5) is 20.3. The Balaban J connectivity index is 1.60. The van der Waals surface area contributed by atoms with Crippen LogP contribution in [-0.2, 0) is 19.4 Å². The number of fused-ring (bicyclic) bond motifs is 1. The molecule has 37 heavy (non-hydrogen) atoms. The van der Waals surface area contributed by atoms with Crippen molar-refractivity contribution in [2.24, 2.45) is 11.7 Å². The lowest BCUT2D eigenvalue weighted by atomic mass is 10.0. The predicted octanol–water partition coefficient (Wildman–Crippen LogP) is 5.76. The molecule has 194 valence electrons. The van der Waals surface area contributed by atoms with Crippen LogP contribution >= 0.6 is 0 Å². The second-order valence-corrected chi connectivity index (χ2v) is 9.99. The Morgan fingerprint density at radius 1 is 1.08 bits per heavy atom. The number of nitrogens with two attached hydrogens (primary N) is 1. The zero-order valence-electron chi connectivity index (χ0n) is 22.1. The number of carbonyl (C=O) groups is 1. The number of halogens is 1. The average Bonchev–Trinajstić information content (AvgIpc) is 3.22. The highest BCUT2D eigenvalue weighted by molar-refractivity contribution is 5.94. The molecule has 0 fully saturated rings. The van der Waals surface area contributed by atoms with E-state index in [0.717, 1.165) is 40.8 Å². The average molecular weight is 501 g/mol. The Morgan fingerprint density at radius 2 is 1.86 bits per heavy atom. The molecule has 6 heteroatoms. The first-order valence-corrected chi connectivity index (χ1v) is 13.2. The lowest BCUT2D eigenvalue weighted by molar-refractivity contribution is 0.0730. The maximum absolute atomic E-state index is 13.9. The van der Waals surface area contributed by atoms with Gasteiger partial charge in [-0.25, -0.2) is 9.37 Å². The van der Waals surface area contributed by atoms with E-state index in [2.05, 4.69) is 36.6 Å². The van der Waals surface area contributed by atoms with E-state index in [-0.39, 0.29) is 17.6 Å². The number of aromatic nitrogens is 2. The van der Waals surface area contributed by atoms with Gasteiger partial charge in [0.2, 0.25) is 0 Å². The van der Waals surface area contributed by atoms with Crippen molar-refractivity contribution >= 4 is 16.9 Å². The van der Waals surface area contributed by atoms with Gasteiger partial charge < -0.3 is 15.2 Å². The van der Waals surface area contributed by atoms with Crippen LogP contribution in [-0.4, -0.2) is 40.0 Å². The summed E-state index contributed by atoms with van der Waals surface area (Å²) in [5, 5.41) is 0. The third-order valence-corrected chi connectivity index (χ3v) is 6.81. The lowest BCUT2D eigenvalue weighted by Gasteiger charge is -2.26. The molecule has 1 atom stereocenters. The van der Waals surface area contributed by atoms with Crippen molar-refractivity contribution in [1.29, 1.82) is 0 Å². The standard InChI is InChI=1S/C31H37FN4O/c1-4-24-11-14-29-28(19-24)34-30(36(29)21-25-7-5-8-27(32)18-25)17-23(3)20-35(16-6-15-33)31(37)26-12-9-22(2)10-13-26/h5,7-14,18-19,23H,4,6,15-17,20-21,33H2,1-3H3. The third-order valence-electron chi connectivity index (χ3n) is 6.81. The quantitative estimate of drug-likeness (QED) is 0.285. The number of rotatable bonds is 11. The molecule has 2 N–H and O–H groups in total. The predicted molar refractivity (Wildman–Crippen MR) is 148 cm³/mol. The molecule has 1 heterocycles. The second-order valence-electron chi connectivity index (χ2n) is 9.99. The number of benzene rings is 3. The molecular weight excluding hydrogens is 463 g/mol. The molecule has 0 radical (unpaired) electrons. The maximum atomic E-state index is 13.9. The Kier molecular flexibility index (Phi) is 8.72. The number of nitrogens with zero attached hydrogens (tertiary/aromatic N) is 3. The molecule has 3 aromatic carbocycles. The largest absolute Gasteiger partial charge is 0.338 e. The molecule has 5 nitrogen and oxygen atoms in total. The minimum atomic E-state index is -0.240. The lowest BCUT2D eigenvalue weighted by Crippen LogP contribution is -2.37. The summed E-state index contributed by atoms with van der Waals surface area (Å²) < 4.78 is 16.1. The first-order chi connectivity index (χ1) is 17.9. The Labute approximate surface area is 219 Å². The highest BCUT2D eigenvalue weighted by atomic mass is 19.1. The number of hydrogen-bond donors (Lipinski definition) is 1. The second kappa shape index (κ2) is 12.2. The minimum absolute atomic E-state index is 0.0288. The van der Waals surface area contributed by atoms with Crippen LogP contribution in [0.4, 0.5) is 4.39 Å². The van der Waals surface area contributed by atoms with Gasteiger partial charge in [0.1, 0.15) is 11.6 Å². The van der Waals surface area contributed by atoms with Crippen LogP contribution in [0.5, 0.6) is 0 Å². The van der Waals surface area contributed by atoms with Crippen LogP contribution in [0.2, 0.25) is 0 Å². The molecule has 1 aromatic heterocycles. The van der Waals surface area contributed by atoms with E-state index in [1.807, 2.05) is 42.2 Å². The number of carbonyl (C=O) groups excluding carboxylic acids is 1. The highest BCUT2D eigenvalue weighted by Crippen LogP contribution is 2.23. The fourth-order valence-corrected chi connectivity index (χ4v) is 4.78. The van der Waals surface area contributed by atoms with Gasteiger partial charge in [0.25, 0.3) is 5.91 Å². The monoisotopic (exact) mass is 500 g/mol. The van der Waals surface area contributed by atoms with E-state index in [4.69, 9.17) is 10.7 Å². The molecule has 4 rings (SSSR count). The van der Waals surface area contributed by atoms with E-state index in [0.29, 0.717) is 38.2 Å². The summed E-state index contributed by atoms with van der Waals surface area (Å²) in [6, 6.07) is 20.8. The Morgan fingerprint density at radius 3 is 2.57 bits per heavy atom. The fourth-order valence-electron chi connectivity index (χ4n) is 4.78. The van der Waals surface area contributed by atoms with Gasteiger partial charge in [-0.1, -0.05) is 49.7 Å². The van der Waals surface area contributed by atoms with Crippen LogP contribution in [0.3, 0.4) is 0 Å². The first kappa shape index (κ1) is 26.6. The first-order valence-electron chi connectivity index (χ1n) is 13.2. The van der Waals surface area contributed by atoms with Crippen molar-refractivity contribution in [3.8, 4) is 0 Å².